The lowest BCUT2D eigenvalue weighted by Crippen LogP contribution is -2.47. The van der Waals surface area contributed by atoms with Crippen LogP contribution in [0.25, 0.3) is 0 Å². The molecule has 1 aliphatic heterocycles. The van der Waals surface area contributed by atoms with Gasteiger partial charge in [0.2, 0.25) is 11.8 Å². The van der Waals surface area contributed by atoms with Gasteiger partial charge in [0.15, 0.2) is 0 Å². The summed E-state index contributed by atoms with van der Waals surface area (Å²) in [6.07, 6.45) is 1.23. The first-order chi connectivity index (χ1) is 9.97. The number of amides is 2. The molecule has 1 saturated heterocycles. The van der Waals surface area contributed by atoms with Gasteiger partial charge in [0.1, 0.15) is 5.82 Å². The van der Waals surface area contributed by atoms with Crippen LogP contribution in [0.5, 0.6) is 0 Å². The maximum absolute atomic E-state index is 12.8. The number of nitrogens with one attached hydrogen (secondary N) is 1. The molecule has 1 aromatic rings. The van der Waals surface area contributed by atoms with Crippen molar-refractivity contribution in [3.05, 3.63) is 30.1 Å². The maximum Gasteiger partial charge on any atom is 0.239 e. The van der Waals surface area contributed by atoms with E-state index in [0.29, 0.717) is 31.6 Å². The Kier molecular flexibility index (Phi) is 6.77. The van der Waals surface area contributed by atoms with Gasteiger partial charge >= 0.3 is 0 Å². The number of benzene rings is 1. The second-order valence-electron chi connectivity index (χ2n) is 5.38. The second kappa shape index (κ2) is 8.10. The van der Waals surface area contributed by atoms with Crippen molar-refractivity contribution in [2.24, 2.45) is 11.7 Å². The van der Waals surface area contributed by atoms with E-state index in [0.717, 1.165) is 0 Å². The minimum absolute atomic E-state index is 0. The van der Waals surface area contributed by atoms with Gasteiger partial charge in [-0.1, -0.05) is 0 Å². The molecule has 1 atom stereocenters. The molecule has 1 fully saturated rings. The van der Waals surface area contributed by atoms with Crippen molar-refractivity contribution in [3.8, 4) is 0 Å². The number of piperidine rings is 1. The number of likely N-dealkylation sites (tertiary alicyclic amines) is 1. The molecule has 122 valence electrons. The normalized spacial score (nSPS) is 16.6. The monoisotopic (exact) mass is 329 g/mol. The summed E-state index contributed by atoms with van der Waals surface area (Å²) < 4.78 is 12.8. The average molecular weight is 330 g/mol. The van der Waals surface area contributed by atoms with Crippen molar-refractivity contribution in [1.82, 2.24) is 4.90 Å². The predicted molar refractivity (Wildman–Crippen MR) is 85.2 cm³/mol. The predicted octanol–water partition coefficient (Wildman–Crippen LogP) is 1.77. The standard InChI is InChI=1S/C15H20FN3O2.ClH/c1-10(17)15(21)19-8-6-11(7-9-19)14(20)18-13-4-2-12(16)3-5-13;/h2-5,10-11H,6-9,17H2,1H3,(H,18,20);1H/t10-;/m0./s1. The van der Waals surface area contributed by atoms with Crippen LogP contribution in [0.2, 0.25) is 0 Å². The molecule has 0 unspecified atom stereocenters. The molecule has 0 saturated carbocycles. The molecule has 0 bridgehead atoms. The van der Waals surface area contributed by atoms with Gasteiger partial charge < -0.3 is 16.0 Å². The molecule has 0 radical (unpaired) electrons. The summed E-state index contributed by atoms with van der Waals surface area (Å²) in [6.45, 7) is 2.75. The summed E-state index contributed by atoms with van der Waals surface area (Å²) in [4.78, 5) is 25.6. The number of nitrogens with zero attached hydrogens (tertiary/aromatic N) is 1. The van der Waals surface area contributed by atoms with Crippen LogP contribution >= 0.6 is 12.4 Å². The number of hydrogen-bond donors (Lipinski definition) is 2. The fourth-order valence-corrected chi connectivity index (χ4v) is 2.43. The highest BCUT2D eigenvalue weighted by atomic mass is 35.5. The van der Waals surface area contributed by atoms with Crippen molar-refractivity contribution < 1.29 is 14.0 Å². The topological polar surface area (TPSA) is 75.4 Å². The van der Waals surface area contributed by atoms with Gasteiger partial charge in [-0.3, -0.25) is 9.59 Å². The molecule has 2 rings (SSSR count). The molecule has 2 amide bonds. The summed E-state index contributed by atoms with van der Waals surface area (Å²) in [5, 5.41) is 2.77. The van der Waals surface area contributed by atoms with E-state index in [4.69, 9.17) is 5.73 Å². The molecule has 0 spiro atoms. The van der Waals surface area contributed by atoms with Gasteiger partial charge in [-0.25, -0.2) is 4.39 Å². The molecule has 5 nitrogen and oxygen atoms in total. The lowest BCUT2D eigenvalue weighted by atomic mass is 9.95. The molecule has 3 N–H and O–H groups in total. The van der Waals surface area contributed by atoms with Crippen LogP contribution in [-0.4, -0.2) is 35.8 Å². The summed E-state index contributed by atoms with van der Waals surface area (Å²) in [5.74, 6) is -0.634. The van der Waals surface area contributed by atoms with Crippen molar-refractivity contribution in [1.29, 1.82) is 0 Å². The van der Waals surface area contributed by atoms with Crippen LogP contribution < -0.4 is 11.1 Å². The molecule has 1 aliphatic rings. The smallest absolute Gasteiger partial charge is 0.239 e. The van der Waals surface area contributed by atoms with Gasteiger partial charge in [0, 0.05) is 24.7 Å². The van der Waals surface area contributed by atoms with Crippen LogP contribution in [0.1, 0.15) is 19.8 Å². The third-order valence-electron chi connectivity index (χ3n) is 3.68. The van der Waals surface area contributed by atoms with Crippen molar-refractivity contribution in [3.63, 3.8) is 0 Å². The van der Waals surface area contributed by atoms with Crippen LogP contribution in [0.4, 0.5) is 10.1 Å². The summed E-state index contributed by atoms with van der Waals surface area (Å²) >= 11 is 0. The number of rotatable bonds is 3. The molecule has 1 aromatic carbocycles. The Hall–Kier alpha value is -1.66. The second-order valence-corrected chi connectivity index (χ2v) is 5.38. The molecular formula is C15H21ClFN3O2. The third kappa shape index (κ3) is 4.68. The Morgan fingerprint density at radius 3 is 2.32 bits per heavy atom. The quantitative estimate of drug-likeness (QED) is 0.887. The number of carbonyl (C=O) groups is 2. The van der Waals surface area contributed by atoms with E-state index in [-0.39, 0.29) is 36.0 Å². The highest BCUT2D eigenvalue weighted by molar-refractivity contribution is 5.92. The zero-order valence-electron chi connectivity index (χ0n) is 12.4. The summed E-state index contributed by atoms with van der Waals surface area (Å²) in [7, 11) is 0. The third-order valence-corrected chi connectivity index (χ3v) is 3.68. The number of anilines is 1. The zero-order chi connectivity index (χ0) is 15.4. The number of halogens is 2. The maximum atomic E-state index is 12.8. The van der Waals surface area contributed by atoms with Gasteiger partial charge in [-0.2, -0.15) is 0 Å². The molecule has 0 aliphatic carbocycles. The van der Waals surface area contributed by atoms with E-state index in [1.165, 1.54) is 24.3 Å². The fourth-order valence-electron chi connectivity index (χ4n) is 2.43. The van der Waals surface area contributed by atoms with Gasteiger partial charge in [0.25, 0.3) is 0 Å². The van der Waals surface area contributed by atoms with Crippen molar-refractivity contribution in [2.45, 2.75) is 25.8 Å². The minimum atomic E-state index is -0.505. The largest absolute Gasteiger partial charge is 0.341 e. The Balaban J connectivity index is 0.00000242. The SMILES string of the molecule is C[C@H](N)C(=O)N1CCC(C(=O)Nc2ccc(F)cc2)CC1.Cl. The van der Waals surface area contributed by atoms with Gasteiger partial charge in [-0.15, -0.1) is 12.4 Å². The van der Waals surface area contributed by atoms with E-state index in [1.54, 1.807) is 11.8 Å². The zero-order valence-corrected chi connectivity index (χ0v) is 13.2. The molecule has 0 aromatic heterocycles. The first kappa shape index (κ1) is 18.4. The van der Waals surface area contributed by atoms with Gasteiger partial charge in [0.05, 0.1) is 6.04 Å². The molecular weight excluding hydrogens is 309 g/mol. The molecule has 7 heteroatoms. The summed E-state index contributed by atoms with van der Waals surface area (Å²) in [6, 6.07) is 5.16. The van der Waals surface area contributed by atoms with E-state index in [2.05, 4.69) is 5.32 Å². The number of carbonyl (C=O) groups excluding carboxylic acids is 2. The Bertz CT molecular complexity index is 514. The highest BCUT2D eigenvalue weighted by Gasteiger charge is 2.28. The fraction of sp³-hybridized carbons (Fsp3) is 0.467. The Morgan fingerprint density at radius 2 is 1.82 bits per heavy atom. The highest BCUT2D eigenvalue weighted by Crippen LogP contribution is 2.20. The van der Waals surface area contributed by atoms with E-state index < -0.39 is 6.04 Å². The van der Waals surface area contributed by atoms with E-state index in [1.807, 2.05) is 0 Å². The minimum Gasteiger partial charge on any atom is -0.341 e. The van der Waals surface area contributed by atoms with E-state index in [9.17, 15) is 14.0 Å². The first-order valence-corrected chi connectivity index (χ1v) is 7.08. The lowest BCUT2D eigenvalue weighted by molar-refractivity contribution is -0.135. The van der Waals surface area contributed by atoms with Gasteiger partial charge in [-0.05, 0) is 44.0 Å². The molecule has 1 heterocycles. The molecule has 22 heavy (non-hydrogen) atoms. The number of nitrogens with two attached hydrogens (primary N) is 1. The first-order valence-electron chi connectivity index (χ1n) is 7.08. The van der Waals surface area contributed by atoms with Crippen LogP contribution in [0.3, 0.4) is 0 Å². The van der Waals surface area contributed by atoms with Crippen molar-refractivity contribution in [2.75, 3.05) is 18.4 Å². The Labute approximate surface area is 135 Å². The summed E-state index contributed by atoms with van der Waals surface area (Å²) in [5.41, 5.74) is 6.15. The van der Waals surface area contributed by atoms with Crippen LogP contribution in [0, 0.1) is 11.7 Å². The lowest BCUT2D eigenvalue weighted by Gasteiger charge is -2.32. The Morgan fingerprint density at radius 1 is 1.27 bits per heavy atom. The van der Waals surface area contributed by atoms with Crippen LogP contribution in [-0.2, 0) is 9.59 Å². The van der Waals surface area contributed by atoms with Crippen molar-refractivity contribution >= 4 is 29.9 Å². The van der Waals surface area contributed by atoms with Crippen LogP contribution in [0.15, 0.2) is 24.3 Å². The van der Waals surface area contributed by atoms with E-state index >= 15 is 0 Å². The number of hydrogen-bond acceptors (Lipinski definition) is 3. The average Bonchev–Trinajstić information content (AvgIpc) is 2.49.